The fourth-order valence-corrected chi connectivity index (χ4v) is 3.85. The second-order valence-electron chi connectivity index (χ2n) is 8.44. The molecule has 2 saturated heterocycles. The highest BCUT2D eigenvalue weighted by Gasteiger charge is 2.68. The van der Waals surface area contributed by atoms with E-state index in [9.17, 15) is 34.8 Å². The van der Waals surface area contributed by atoms with Crippen LogP contribution in [0.15, 0.2) is 47.1 Å². The quantitative estimate of drug-likeness (QED) is 0.139. The monoisotopic (exact) mass is 465 g/mol. The molecule has 1 amide bonds. The first-order chi connectivity index (χ1) is 15.2. The number of rotatable bonds is 8. The molecule has 2 fully saturated rings. The Bertz CT molecular complexity index is 946. The van der Waals surface area contributed by atoms with Crippen LogP contribution in [0.3, 0.4) is 0 Å². The van der Waals surface area contributed by atoms with Crippen molar-refractivity contribution >= 4 is 17.7 Å². The van der Waals surface area contributed by atoms with Crippen LogP contribution in [0.25, 0.3) is 0 Å². The first kappa shape index (κ1) is 26.6. The van der Waals surface area contributed by atoms with E-state index in [1.54, 1.807) is 6.92 Å². The average Bonchev–Trinajstić information content (AvgIpc) is 3.23. The van der Waals surface area contributed by atoms with Crippen LogP contribution in [0.1, 0.15) is 34.1 Å². The van der Waals surface area contributed by atoms with Crippen LogP contribution in [0, 0.1) is 0 Å². The van der Waals surface area contributed by atoms with E-state index in [1.165, 1.54) is 58.3 Å². The van der Waals surface area contributed by atoms with Crippen molar-refractivity contribution in [3.63, 3.8) is 0 Å². The maximum absolute atomic E-state index is 12.8. The third kappa shape index (κ3) is 4.99. The SMILES string of the molecule is C/C=C(\C=C(/C)[C@H](O)[C@](C)(O)/C=C/C=C(\C)C(=O)[C@@]1(O)C(=O)N[C@]2(O)CCO[C@H]12)C(=O)OC. The number of aliphatic hydroxyl groups is 4. The zero-order valence-electron chi connectivity index (χ0n) is 19.3. The van der Waals surface area contributed by atoms with Crippen molar-refractivity contribution in [3.05, 3.63) is 47.1 Å². The van der Waals surface area contributed by atoms with Gasteiger partial charge < -0.3 is 35.2 Å². The number of carbonyl (C=O) groups is 3. The predicted molar refractivity (Wildman–Crippen MR) is 116 cm³/mol. The van der Waals surface area contributed by atoms with E-state index in [2.05, 4.69) is 10.1 Å². The van der Waals surface area contributed by atoms with Crippen molar-refractivity contribution in [1.82, 2.24) is 5.32 Å². The van der Waals surface area contributed by atoms with Gasteiger partial charge in [0, 0.05) is 6.42 Å². The number of hydrogen-bond acceptors (Lipinski definition) is 9. The van der Waals surface area contributed by atoms with Gasteiger partial charge in [-0.1, -0.05) is 24.3 Å². The molecule has 10 nitrogen and oxygen atoms in total. The lowest BCUT2D eigenvalue weighted by molar-refractivity contribution is -0.160. The van der Waals surface area contributed by atoms with Gasteiger partial charge in [0.25, 0.3) is 5.91 Å². The average molecular weight is 465 g/mol. The molecule has 0 radical (unpaired) electrons. The standard InChI is InChI=1S/C23H31NO9/c1-6-15(18(27)32-5)12-14(3)16(25)21(4,29)9-7-8-13(2)17(26)23(31)19-22(30,10-11-33-19)24-20(23)28/h6-9,12,16,19,25,29-31H,10-11H2,1-5H3,(H,24,28)/b9-7+,13-8+,14-12+,15-6+/t16-,19-,21+,22-,23-/m0/s1. The molecule has 5 N–H and O–H groups in total. The van der Waals surface area contributed by atoms with Crippen molar-refractivity contribution < 1.29 is 44.3 Å². The molecule has 0 aromatic rings. The molecular weight excluding hydrogens is 434 g/mol. The van der Waals surface area contributed by atoms with Crippen LogP contribution < -0.4 is 5.32 Å². The minimum atomic E-state index is -2.59. The molecule has 0 aromatic heterocycles. The summed E-state index contributed by atoms with van der Waals surface area (Å²) in [6.45, 7) is 5.91. The smallest absolute Gasteiger partial charge is 0.337 e. The van der Waals surface area contributed by atoms with Crippen molar-refractivity contribution in [2.75, 3.05) is 13.7 Å². The van der Waals surface area contributed by atoms with Crippen LogP contribution in [0.2, 0.25) is 0 Å². The Labute approximate surface area is 191 Å². The third-order valence-corrected chi connectivity index (χ3v) is 5.84. The zero-order valence-corrected chi connectivity index (χ0v) is 19.3. The molecule has 2 aliphatic heterocycles. The molecule has 0 aliphatic carbocycles. The summed E-state index contributed by atoms with van der Waals surface area (Å²) in [6.07, 6.45) is 3.87. The molecule has 10 heteroatoms. The Morgan fingerprint density at radius 1 is 1.33 bits per heavy atom. The second kappa shape index (κ2) is 9.70. The van der Waals surface area contributed by atoms with Crippen LogP contribution in [0.5, 0.6) is 0 Å². The van der Waals surface area contributed by atoms with E-state index in [0.717, 1.165) is 0 Å². The molecule has 0 spiro atoms. The van der Waals surface area contributed by atoms with E-state index in [-0.39, 0.29) is 29.7 Å². The lowest BCUT2D eigenvalue weighted by atomic mass is 9.86. The molecule has 0 saturated carbocycles. The lowest BCUT2D eigenvalue weighted by Crippen LogP contribution is -2.55. The maximum atomic E-state index is 12.8. The zero-order chi connectivity index (χ0) is 25.2. The number of aliphatic hydroxyl groups excluding tert-OH is 1. The molecular formula is C23H31NO9. The van der Waals surface area contributed by atoms with Gasteiger partial charge in [0.2, 0.25) is 11.4 Å². The first-order valence-corrected chi connectivity index (χ1v) is 10.4. The van der Waals surface area contributed by atoms with Gasteiger partial charge in [0.15, 0.2) is 11.8 Å². The van der Waals surface area contributed by atoms with Crippen molar-refractivity contribution in [1.29, 1.82) is 0 Å². The van der Waals surface area contributed by atoms with Crippen LogP contribution in [-0.2, 0) is 23.9 Å². The Hall–Kier alpha value is -2.63. The van der Waals surface area contributed by atoms with Gasteiger partial charge in [-0.2, -0.15) is 0 Å². The second-order valence-corrected chi connectivity index (χ2v) is 8.44. The summed E-state index contributed by atoms with van der Waals surface area (Å²) < 4.78 is 9.90. The number of amides is 1. The number of Topliss-reactive ketones (excluding diaryl/α,β-unsaturated/α-hetero) is 1. The summed E-state index contributed by atoms with van der Waals surface area (Å²) in [7, 11) is 1.23. The van der Waals surface area contributed by atoms with Crippen LogP contribution >= 0.6 is 0 Å². The number of allylic oxidation sites excluding steroid dienone is 3. The Balaban J connectivity index is 2.19. The van der Waals surface area contributed by atoms with E-state index >= 15 is 0 Å². The summed E-state index contributed by atoms with van der Waals surface area (Å²) in [5, 5.41) is 44.6. The lowest BCUT2D eigenvalue weighted by Gasteiger charge is -2.27. The number of methoxy groups -OCH3 is 1. The van der Waals surface area contributed by atoms with E-state index in [4.69, 9.17) is 4.74 Å². The molecule has 0 bridgehead atoms. The van der Waals surface area contributed by atoms with Crippen LogP contribution in [0.4, 0.5) is 0 Å². The highest BCUT2D eigenvalue weighted by atomic mass is 16.5. The van der Waals surface area contributed by atoms with Gasteiger partial charge in [-0.3, -0.25) is 9.59 Å². The largest absolute Gasteiger partial charge is 0.465 e. The summed E-state index contributed by atoms with van der Waals surface area (Å²) in [5.74, 6) is -2.60. The molecule has 33 heavy (non-hydrogen) atoms. The fourth-order valence-electron chi connectivity index (χ4n) is 3.85. The van der Waals surface area contributed by atoms with Gasteiger partial charge in [0.1, 0.15) is 11.7 Å². The molecule has 0 aromatic carbocycles. The number of carbonyl (C=O) groups excluding carboxylic acids is 3. The maximum Gasteiger partial charge on any atom is 0.337 e. The molecule has 0 unspecified atom stereocenters. The highest BCUT2D eigenvalue weighted by Crippen LogP contribution is 2.39. The van der Waals surface area contributed by atoms with Gasteiger partial charge in [-0.15, -0.1) is 0 Å². The highest BCUT2D eigenvalue weighted by molar-refractivity contribution is 6.18. The first-order valence-electron chi connectivity index (χ1n) is 10.4. The van der Waals surface area contributed by atoms with Crippen molar-refractivity contribution in [3.8, 4) is 0 Å². The van der Waals surface area contributed by atoms with Gasteiger partial charge in [0.05, 0.1) is 19.3 Å². The molecule has 182 valence electrons. The number of hydrogen-bond donors (Lipinski definition) is 5. The Morgan fingerprint density at radius 3 is 2.55 bits per heavy atom. The number of nitrogens with one attached hydrogen (secondary N) is 1. The van der Waals surface area contributed by atoms with E-state index < -0.39 is 46.8 Å². The molecule has 2 aliphatic rings. The van der Waals surface area contributed by atoms with Gasteiger partial charge in [-0.25, -0.2) is 4.79 Å². The summed E-state index contributed by atoms with van der Waals surface area (Å²) >= 11 is 0. The minimum Gasteiger partial charge on any atom is -0.465 e. The van der Waals surface area contributed by atoms with Gasteiger partial charge >= 0.3 is 5.97 Å². The van der Waals surface area contributed by atoms with E-state index in [1.807, 2.05) is 0 Å². The van der Waals surface area contributed by atoms with Gasteiger partial charge in [-0.05, 0) is 44.9 Å². The van der Waals surface area contributed by atoms with E-state index in [0.29, 0.717) is 0 Å². The van der Waals surface area contributed by atoms with Crippen LogP contribution in [-0.4, -0.2) is 80.9 Å². The molecule has 2 rings (SSSR count). The summed E-state index contributed by atoms with van der Waals surface area (Å²) in [4.78, 5) is 36.8. The third-order valence-electron chi connectivity index (χ3n) is 5.84. The normalized spacial score (nSPS) is 31.2. The fraction of sp³-hybridized carbons (Fsp3) is 0.522. The number of esters is 1. The number of ketones is 1. The minimum absolute atomic E-state index is 0.0388. The molecule has 2 heterocycles. The Kier molecular flexibility index (Phi) is 7.82. The number of ether oxygens (including phenoxy) is 2. The summed E-state index contributed by atoms with van der Waals surface area (Å²) in [5.41, 5.74) is -5.74. The Morgan fingerprint density at radius 2 is 1.97 bits per heavy atom. The molecule has 5 atom stereocenters. The summed E-state index contributed by atoms with van der Waals surface area (Å²) in [6, 6.07) is 0. The topological polar surface area (TPSA) is 163 Å². The van der Waals surface area contributed by atoms with Crippen molar-refractivity contribution in [2.24, 2.45) is 0 Å². The number of fused-ring (bicyclic) bond motifs is 1. The predicted octanol–water partition coefficient (Wildman–Crippen LogP) is -0.426. The van der Waals surface area contributed by atoms with Crippen molar-refractivity contribution in [2.45, 2.75) is 63.3 Å².